The fourth-order valence-electron chi connectivity index (χ4n) is 3.60. The number of hydrogen-bond acceptors (Lipinski definition) is 4. The zero-order chi connectivity index (χ0) is 20.2. The maximum absolute atomic E-state index is 6.36. The van der Waals surface area contributed by atoms with Gasteiger partial charge in [0.1, 0.15) is 5.75 Å². The third-order valence-corrected chi connectivity index (χ3v) is 6.87. The number of hydrogen-bond donors (Lipinski definition) is 0. The molecule has 0 bridgehead atoms. The molecule has 0 amide bonds. The zero-order valence-corrected chi connectivity index (χ0v) is 19.7. The molecule has 3 heterocycles. The van der Waals surface area contributed by atoms with Gasteiger partial charge in [0, 0.05) is 38.4 Å². The number of unbranched alkanes of at least 4 members (excludes halogenated alkanes) is 1. The Morgan fingerprint density at radius 3 is 2.72 bits per heavy atom. The number of halogens is 3. The van der Waals surface area contributed by atoms with E-state index >= 15 is 0 Å². The van der Waals surface area contributed by atoms with E-state index < -0.39 is 0 Å². The summed E-state index contributed by atoms with van der Waals surface area (Å²) in [6.45, 7) is 5.86. The Hall–Kier alpha value is -1.22. The molecule has 1 aromatic carbocycles. The van der Waals surface area contributed by atoms with Crippen LogP contribution in [0.5, 0.6) is 5.75 Å². The number of piperazine rings is 1. The van der Waals surface area contributed by atoms with Crippen LogP contribution in [0.25, 0.3) is 5.52 Å². The van der Waals surface area contributed by atoms with Crippen LogP contribution in [0.1, 0.15) is 12.8 Å². The van der Waals surface area contributed by atoms with Crippen LogP contribution < -0.4 is 9.64 Å². The molecule has 4 rings (SSSR count). The minimum absolute atomic E-state index is 0.619. The first-order chi connectivity index (χ1) is 14.1. The highest BCUT2D eigenvalue weighted by atomic mass is 127. The summed E-state index contributed by atoms with van der Waals surface area (Å²) >= 11 is 14.8. The van der Waals surface area contributed by atoms with Gasteiger partial charge < -0.3 is 9.64 Å². The molecule has 3 aromatic rings. The van der Waals surface area contributed by atoms with Gasteiger partial charge in [-0.2, -0.15) is 5.10 Å². The quantitative estimate of drug-likeness (QED) is 0.301. The second kappa shape index (κ2) is 9.73. The van der Waals surface area contributed by atoms with Gasteiger partial charge in [-0.3, -0.25) is 4.90 Å². The van der Waals surface area contributed by atoms with Crippen molar-refractivity contribution in [3.63, 3.8) is 0 Å². The third kappa shape index (κ3) is 5.10. The Morgan fingerprint density at radius 1 is 1.07 bits per heavy atom. The molecular formula is C21H23Cl2IN4O. The predicted octanol–water partition coefficient (Wildman–Crippen LogP) is 5.23. The van der Waals surface area contributed by atoms with Crippen molar-refractivity contribution in [3.8, 4) is 5.75 Å². The Morgan fingerprint density at radius 2 is 1.90 bits per heavy atom. The lowest BCUT2D eigenvalue weighted by molar-refractivity contribution is 0.238. The van der Waals surface area contributed by atoms with Crippen molar-refractivity contribution in [1.82, 2.24) is 14.5 Å². The monoisotopic (exact) mass is 544 g/mol. The molecule has 1 aliphatic rings. The number of benzene rings is 1. The number of anilines is 1. The molecule has 8 heteroatoms. The van der Waals surface area contributed by atoms with Crippen molar-refractivity contribution < 1.29 is 4.74 Å². The van der Waals surface area contributed by atoms with Crippen molar-refractivity contribution >= 4 is 57.0 Å². The highest BCUT2D eigenvalue weighted by Crippen LogP contribution is 2.32. The molecule has 0 N–H and O–H groups in total. The standard InChI is InChI=1S/C21H23Cl2IN4O/c22-17-4-3-5-19(21(17)23)27-11-9-26(10-12-27)7-1-2-13-29-16-6-8-28-20(14-16)18(24)15-25-28/h3-6,8,14-15H,1-2,7,9-13H2. The smallest absolute Gasteiger partial charge is 0.123 e. The topological polar surface area (TPSA) is 33.0 Å². The molecule has 0 unspecified atom stereocenters. The van der Waals surface area contributed by atoms with Crippen LogP contribution in [-0.2, 0) is 0 Å². The van der Waals surface area contributed by atoms with Crippen molar-refractivity contribution in [2.45, 2.75) is 12.8 Å². The summed E-state index contributed by atoms with van der Waals surface area (Å²) in [5.41, 5.74) is 2.12. The number of nitrogens with zero attached hydrogens (tertiary/aromatic N) is 4. The lowest BCUT2D eigenvalue weighted by Gasteiger charge is -2.36. The van der Waals surface area contributed by atoms with Gasteiger partial charge in [-0.1, -0.05) is 29.3 Å². The van der Waals surface area contributed by atoms with Gasteiger partial charge in [0.15, 0.2) is 0 Å². The second-order valence-electron chi connectivity index (χ2n) is 7.14. The van der Waals surface area contributed by atoms with Crippen LogP contribution in [-0.4, -0.2) is 53.8 Å². The number of aromatic nitrogens is 2. The van der Waals surface area contributed by atoms with Crippen LogP contribution in [0, 0.1) is 3.57 Å². The molecule has 0 spiro atoms. The van der Waals surface area contributed by atoms with Crippen LogP contribution in [0.3, 0.4) is 0 Å². The fourth-order valence-corrected chi connectivity index (χ4v) is 4.54. The highest BCUT2D eigenvalue weighted by molar-refractivity contribution is 14.1. The molecule has 1 fully saturated rings. The third-order valence-electron chi connectivity index (χ3n) is 5.23. The highest BCUT2D eigenvalue weighted by Gasteiger charge is 2.19. The van der Waals surface area contributed by atoms with Crippen LogP contribution in [0.2, 0.25) is 10.0 Å². The summed E-state index contributed by atoms with van der Waals surface area (Å²) < 4.78 is 8.93. The number of rotatable bonds is 7. The average molecular weight is 545 g/mol. The van der Waals surface area contributed by atoms with Gasteiger partial charge in [-0.25, -0.2) is 4.52 Å². The van der Waals surface area contributed by atoms with Gasteiger partial charge in [0.25, 0.3) is 0 Å². The van der Waals surface area contributed by atoms with E-state index in [-0.39, 0.29) is 0 Å². The lowest BCUT2D eigenvalue weighted by atomic mass is 10.2. The van der Waals surface area contributed by atoms with Crippen molar-refractivity contribution in [2.75, 3.05) is 44.2 Å². The zero-order valence-electron chi connectivity index (χ0n) is 16.0. The first kappa shape index (κ1) is 21.0. The van der Waals surface area contributed by atoms with Gasteiger partial charge in [0.2, 0.25) is 0 Å². The summed E-state index contributed by atoms with van der Waals surface area (Å²) in [5, 5.41) is 5.56. The SMILES string of the molecule is Clc1cccc(N2CCN(CCCCOc3ccn4ncc(I)c4c3)CC2)c1Cl. The van der Waals surface area contributed by atoms with Crippen molar-refractivity contribution in [3.05, 3.63) is 56.3 Å². The molecule has 0 saturated carbocycles. The molecule has 154 valence electrons. The minimum atomic E-state index is 0.619. The van der Waals surface area contributed by atoms with E-state index in [1.165, 1.54) is 0 Å². The number of ether oxygens (including phenoxy) is 1. The van der Waals surface area contributed by atoms with E-state index in [1.807, 2.05) is 41.2 Å². The van der Waals surface area contributed by atoms with Crippen LogP contribution in [0.4, 0.5) is 5.69 Å². The summed E-state index contributed by atoms with van der Waals surface area (Å²) in [6, 6.07) is 9.86. The van der Waals surface area contributed by atoms with Gasteiger partial charge in [-0.15, -0.1) is 0 Å². The van der Waals surface area contributed by atoms with Gasteiger partial charge in [0.05, 0.1) is 37.6 Å². The van der Waals surface area contributed by atoms with Crippen molar-refractivity contribution in [2.24, 2.45) is 0 Å². The molecule has 0 aliphatic carbocycles. The largest absolute Gasteiger partial charge is 0.493 e. The van der Waals surface area contributed by atoms with Gasteiger partial charge >= 0.3 is 0 Å². The van der Waals surface area contributed by atoms with E-state index in [4.69, 9.17) is 27.9 Å². The lowest BCUT2D eigenvalue weighted by Crippen LogP contribution is -2.46. The molecule has 1 aliphatic heterocycles. The normalized spacial score (nSPS) is 15.2. The Balaban J connectivity index is 1.17. The predicted molar refractivity (Wildman–Crippen MR) is 128 cm³/mol. The molecule has 0 radical (unpaired) electrons. The summed E-state index contributed by atoms with van der Waals surface area (Å²) in [4.78, 5) is 4.83. The minimum Gasteiger partial charge on any atom is -0.493 e. The van der Waals surface area contributed by atoms with Crippen molar-refractivity contribution in [1.29, 1.82) is 0 Å². The summed E-state index contributed by atoms with van der Waals surface area (Å²) in [6.07, 6.45) is 5.98. The maximum atomic E-state index is 6.36. The first-order valence-electron chi connectivity index (χ1n) is 9.79. The van der Waals surface area contributed by atoms with Gasteiger partial charge in [-0.05, 0) is 60.2 Å². The Labute approximate surface area is 194 Å². The molecular weight excluding hydrogens is 522 g/mol. The Bertz CT molecular complexity index is 972. The van der Waals surface area contributed by atoms with E-state index in [2.05, 4.69) is 43.6 Å². The number of fused-ring (bicyclic) bond motifs is 1. The summed E-state index contributed by atoms with van der Waals surface area (Å²) in [5.74, 6) is 0.905. The van der Waals surface area contributed by atoms with E-state index in [9.17, 15) is 0 Å². The molecule has 29 heavy (non-hydrogen) atoms. The van der Waals surface area contributed by atoms with E-state index in [0.717, 1.165) is 72.7 Å². The maximum Gasteiger partial charge on any atom is 0.123 e. The van der Waals surface area contributed by atoms with Crippen LogP contribution in [0.15, 0.2) is 42.7 Å². The fraction of sp³-hybridized carbons (Fsp3) is 0.381. The summed E-state index contributed by atoms with van der Waals surface area (Å²) in [7, 11) is 0. The Kier molecular flexibility index (Phi) is 7.05. The molecule has 0 atom stereocenters. The molecule has 2 aromatic heterocycles. The number of pyridine rings is 1. The van der Waals surface area contributed by atoms with E-state index in [1.54, 1.807) is 0 Å². The van der Waals surface area contributed by atoms with E-state index in [0.29, 0.717) is 10.0 Å². The van der Waals surface area contributed by atoms with Crippen LogP contribution >= 0.6 is 45.8 Å². The average Bonchev–Trinajstić information content (AvgIpc) is 3.11. The molecule has 1 saturated heterocycles. The first-order valence-corrected chi connectivity index (χ1v) is 11.6. The second-order valence-corrected chi connectivity index (χ2v) is 9.09. The molecule has 5 nitrogen and oxygen atoms in total.